The third-order valence-corrected chi connectivity index (χ3v) is 9.88. The maximum atomic E-state index is 12.2. The standard InChI is InChI=1S/C16H27N5O5Si/c1-10-8-21(14(24)18-13(10)23)12-7-11(16(9-22,25-12)19-20-17)26-27(5,6)15(2,3)4/h8,11-12,22H,7,9H2,1-6H3,(H,18,23,24)/t11-,12+,16+/m0/s1. The first-order valence-corrected chi connectivity index (χ1v) is 11.6. The van der Waals surface area contributed by atoms with Crippen molar-refractivity contribution in [2.75, 3.05) is 6.61 Å². The molecule has 1 aromatic heterocycles. The van der Waals surface area contributed by atoms with Crippen LogP contribution in [0.4, 0.5) is 0 Å². The van der Waals surface area contributed by atoms with Crippen LogP contribution >= 0.6 is 0 Å². The fourth-order valence-electron chi connectivity index (χ4n) is 2.70. The molecule has 0 unspecified atom stereocenters. The Bertz CT molecular complexity index is 867. The summed E-state index contributed by atoms with van der Waals surface area (Å²) >= 11 is 0. The topological polar surface area (TPSA) is 142 Å². The second kappa shape index (κ2) is 7.25. The first-order valence-electron chi connectivity index (χ1n) is 8.72. The zero-order valence-corrected chi connectivity index (χ0v) is 17.5. The molecule has 2 N–H and O–H groups in total. The third-order valence-electron chi connectivity index (χ3n) is 5.40. The van der Waals surface area contributed by atoms with Gasteiger partial charge in [-0.25, -0.2) is 4.79 Å². The summed E-state index contributed by atoms with van der Waals surface area (Å²) in [6.45, 7) is 11.2. The van der Waals surface area contributed by atoms with Crippen molar-refractivity contribution < 1.29 is 14.3 Å². The van der Waals surface area contributed by atoms with Crippen LogP contribution in [0.5, 0.6) is 0 Å². The van der Waals surface area contributed by atoms with Gasteiger partial charge in [0.15, 0.2) is 14.0 Å². The van der Waals surface area contributed by atoms with Crippen molar-refractivity contribution in [1.29, 1.82) is 0 Å². The van der Waals surface area contributed by atoms with Crippen LogP contribution in [0.2, 0.25) is 18.1 Å². The lowest BCUT2D eigenvalue weighted by atomic mass is 10.1. The number of hydrogen-bond donors (Lipinski definition) is 2. The second-order valence-electron chi connectivity index (χ2n) is 8.35. The molecule has 0 aliphatic carbocycles. The maximum Gasteiger partial charge on any atom is 0.330 e. The van der Waals surface area contributed by atoms with E-state index >= 15 is 0 Å². The van der Waals surface area contributed by atoms with Crippen molar-refractivity contribution in [2.45, 2.75) is 70.3 Å². The fourth-order valence-corrected chi connectivity index (χ4v) is 4.05. The predicted molar refractivity (Wildman–Crippen MR) is 102 cm³/mol. The minimum Gasteiger partial charge on any atom is -0.411 e. The highest BCUT2D eigenvalue weighted by molar-refractivity contribution is 6.74. The van der Waals surface area contributed by atoms with Gasteiger partial charge in [-0.3, -0.25) is 14.3 Å². The van der Waals surface area contributed by atoms with E-state index in [0.29, 0.717) is 5.56 Å². The number of aryl methyl sites for hydroxylation is 1. The number of nitrogens with one attached hydrogen (secondary N) is 1. The highest BCUT2D eigenvalue weighted by Gasteiger charge is 2.53. The summed E-state index contributed by atoms with van der Waals surface area (Å²) in [4.78, 5) is 28.9. The minimum atomic E-state index is -2.29. The first kappa shape index (κ1) is 21.4. The summed E-state index contributed by atoms with van der Waals surface area (Å²) in [6.07, 6.45) is -0.000118. The number of ether oxygens (including phenoxy) is 1. The Hall–Kier alpha value is -1.91. The quantitative estimate of drug-likeness (QED) is 0.339. The van der Waals surface area contributed by atoms with Crippen molar-refractivity contribution >= 4 is 8.32 Å². The van der Waals surface area contributed by atoms with Crippen molar-refractivity contribution in [3.63, 3.8) is 0 Å². The molecule has 1 fully saturated rings. The highest BCUT2D eigenvalue weighted by atomic mass is 28.4. The Labute approximate surface area is 157 Å². The number of rotatable bonds is 5. The molecule has 150 valence electrons. The number of aliphatic hydroxyl groups is 1. The van der Waals surface area contributed by atoms with Crippen LogP contribution in [0.25, 0.3) is 10.4 Å². The molecule has 1 aliphatic heterocycles. The van der Waals surface area contributed by atoms with Crippen LogP contribution in [0.15, 0.2) is 20.9 Å². The molecule has 0 spiro atoms. The van der Waals surface area contributed by atoms with Gasteiger partial charge in [-0.2, -0.15) is 0 Å². The lowest BCUT2D eigenvalue weighted by molar-refractivity contribution is -0.121. The van der Waals surface area contributed by atoms with E-state index in [-0.39, 0.29) is 11.5 Å². The number of nitrogens with zero attached hydrogens (tertiary/aromatic N) is 4. The van der Waals surface area contributed by atoms with E-state index in [9.17, 15) is 14.7 Å². The van der Waals surface area contributed by atoms with Gasteiger partial charge in [-0.15, -0.1) is 0 Å². The zero-order chi connectivity index (χ0) is 20.6. The van der Waals surface area contributed by atoms with Crippen LogP contribution in [-0.2, 0) is 9.16 Å². The average Bonchev–Trinajstić information content (AvgIpc) is 2.88. The summed E-state index contributed by atoms with van der Waals surface area (Å²) in [5.41, 5.74) is 6.57. The fraction of sp³-hybridized carbons (Fsp3) is 0.750. The molecule has 0 amide bonds. The molecular formula is C16H27N5O5Si. The van der Waals surface area contributed by atoms with Crippen molar-refractivity contribution in [1.82, 2.24) is 9.55 Å². The van der Waals surface area contributed by atoms with Gasteiger partial charge < -0.3 is 14.3 Å². The molecular weight excluding hydrogens is 370 g/mol. The van der Waals surface area contributed by atoms with Gasteiger partial charge in [0.25, 0.3) is 5.56 Å². The van der Waals surface area contributed by atoms with Crippen molar-refractivity contribution in [3.05, 3.63) is 43.0 Å². The van der Waals surface area contributed by atoms with Crippen LogP contribution in [-0.4, -0.2) is 41.4 Å². The SMILES string of the molecule is Cc1cn([C@H]2C[C@H](O[Si](C)(C)C(C)(C)C)[C@](CO)(N=[N+]=[N-])O2)c(=O)[nH]c1=O. The molecule has 0 radical (unpaired) electrons. The number of aliphatic hydroxyl groups excluding tert-OH is 1. The number of H-pyrrole nitrogens is 1. The lowest BCUT2D eigenvalue weighted by Gasteiger charge is -2.41. The van der Waals surface area contributed by atoms with Gasteiger partial charge >= 0.3 is 5.69 Å². The number of aromatic amines is 1. The Kier molecular flexibility index (Phi) is 5.74. The van der Waals surface area contributed by atoms with Gasteiger partial charge in [0.1, 0.15) is 6.23 Å². The summed E-state index contributed by atoms with van der Waals surface area (Å²) < 4.78 is 13.4. The summed E-state index contributed by atoms with van der Waals surface area (Å²) in [5, 5.41) is 13.5. The van der Waals surface area contributed by atoms with Crippen molar-refractivity contribution in [2.24, 2.45) is 5.11 Å². The van der Waals surface area contributed by atoms with E-state index in [0.717, 1.165) is 0 Å². The van der Waals surface area contributed by atoms with Crippen LogP contribution in [0.1, 0.15) is 39.0 Å². The molecule has 0 saturated carbocycles. The zero-order valence-electron chi connectivity index (χ0n) is 16.5. The van der Waals surface area contributed by atoms with Crippen LogP contribution in [0.3, 0.4) is 0 Å². The predicted octanol–water partition coefficient (Wildman–Crippen LogP) is 2.15. The molecule has 10 nitrogen and oxygen atoms in total. The smallest absolute Gasteiger partial charge is 0.330 e. The number of hydrogen-bond acceptors (Lipinski definition) is 6. The van der Waals surface area contributed by atoms with Gasteiger partial charge in [0.2, 0.25) is 0 Å². The van der Waals surface area contributed by atoms with E-state index in [1.165, 1.54) is 10.8 Å². The van der Waals surface area contributed by atoms with Gasteiger partial charge in [0, 0.05) is 23.1 Å². The summed E-state index contributed by atoms with van der Waals surface area (Å²) in [5.74, 6) is 0. The Morgan fingerprint density at radius 3 is 2.67 bits per heavy atom. The normalized spacial score (nSPS) is 26.0. The largest absolute Gasteiger partial charge is 0.411 e. The highest BCUT2D eigenvalue weighted by Crippen LogP contribution is 2.44. The average molecular weight is 398 g/mol. The van der Waals surface area contributed by atoms with E-state index in [2.05, 4.69) is 35.8 Å². The molecule has 0 bridgehead atoms. The maximum absolute atomic E-state index is 12.2. The van der Waals surface area contributed by atoms with E-state index in [4.69, 9.17) is 14.7 Å². The molecule has 2 heterocycles. The van der Waals surface area contributed by atoms with E-state index in [1.54, 1.807) is 6.92 Å². The van der Waals surface area contributed by atoms with Crippen LogP contribution in [0, 0.1) is 6.92 Å². The first-order chi connectivity index (χ1) is 12.4. The lowest BCUT2D eigenvalue weighted by Crippen LogP contribution is -2.51. The minimum absolute atomic E-state index is 0.117. The third kappa shape index (κ3) is 4.02. The molecule has 27 heavy (non-hydrogen) atoms. The van der Waals surface area contributed by atoms with Gasteiger partial charge in [0.05, 0.1) is 12.7 Å². The van der Waals surface area contributed by atoms with E-state index in [1.807, 2.05) is 13.1 Å². The van der Waals surface area contributed by atoms with Gasteiger partial charge in [-0.1, -0.05) is 25.9 Å². The van der Waals surface area contributed by atoms with Crippen molar-refractivity contribution in [3.8, 4) is 0 Å². The number of aromatic nitrogens is 2. The molecule has 11 heteroatoms. The Morgan fingerprint density at radius 2 is 2.15 bits per heavy atom. The monoisotopic (exact) mass is 397 g/mol. The molecule has 1 aliphatic rings. The Morgan fingerprint density at radius 1 is 1.52 bits per heavy atom. The molecule has 1 aromatic rings. The molecule has 2 rings (SSSR count). The Balaban J connectivity index is 2.48. The van der Waals surface area contributed by atoms with Gasteiger partial charge in [-0.05, 0) is 30.6 Å². The van der Waals surface area contributed by atoms with E-state index < -0.39 is 44.2 Å². The summed E-state index contributed by atoms with van der Waals surface area (Å²) in [7, 11) is -2.29. The molecule has 3 atom stereocenters. The second-order valence-corrected chi connectivity index (χ2v) is 13.1. The summed E-state index contributed by atoms with van der Waals surface area (Å²) in [6, 6.07) is 0. The molecule has 1 saturated heterocycles. The number of azide groups is 1. The van der Waals surface area contributed by atoms with Crippen LogP contribution < -0.4 is 11.2 Å². The molecule has 0 aromatic carbocycles.